The molecule has 0 aromatic heterocycles. The highest BCUT2D eigenvalue weighted by Gasteiger charge is 2.02. The Hall–Kier alpha value is -3.10. The maximum Gasteiger partial charge on any atom is 0.171 e. The van der Waals surface area contributed by atoms with Gasteiger partial charge in [0, 0.05) is 24.5 Å². The molecule has 0 aliphatic rings. The molecule has 0 bridgehead atoms. The van der Waals surface area contributed by atoms with Crippen LogP contribution in [0.25, 0.3) is 0 Å². The fraction of sp³-hybridized carbons (Fsp3) is 0.0909. The molecule has 0 heterocycles. The van der Waals surface area contributed by atoms with Crippen LogP contribution in [0.15, 0.2) is 72.8 Å². The lowest BCUT2D eigenvalue weighted by Crippen LogP contribution is -2.28. The summed E-state index contributed by atoms with van der Waals surface area (Å²) >= 11 is 10.6. The molecule has 3 aromatic carbocycles. The molecule has 4 N–H and O–H groups in total. The van der Waals surface area contributed by atoms with Crippen molar-refractivity contribution in [2.45, 2.75) is 13.1 Å². The van der Waals surface area contributed by atoms with E-state index in [4.69, 9.17) is 24.4 Å². The van der Waals surface area contributed by atoms with Gasteiger partial charge in [-0.05, 0) is 84.1 Å². The molecule has 30 heavy (non-hydrogen) atoms. The number of halogens is 2. The highest BCUT2D eigenvalue weighted by molar-refractivity contribution is 7.80. The number of thiocarbonyl (C=S) groups is 2. The third kappa shape index (κ3) is 7.06. The van der Waals surface area contributed by atoms with Crippen LogP contribution in [0.3, 0.4) is 0 Å². The maximum absolute atomic E-state index is 13.0. The van der Waals surface area contributed by atoms with Gasteiger partial charge in [-0.25, -0.2) is 8.78 Å². The van der Waals surface area contributed by atoms with E-state index >= 15 is 0 Å². The van der Waals surface area contributed by atoms with E-state index in [1.807, 2.05) is 24.3 Å². The Morgan fingerprint density at radius 1 is 0.633 bits per heavy atom. The van der Waals surface area contributed by atoms with Crippen molar-refractivity contribution in [2.75, 3.05) is 10.6 Å². The smallest absolute Gasteiger partial charge is 0.171 e. The summed E-state index contributed by atoms with van der Waals surface area (Å²) in [6.45, 7) is 1.08. The van der Waals surface area contributed by atoms with Gasteiger partial charge in [-0.2, -0.15) is 0 Å². The molecule has 0 aliphatic carbocycles. The zero-order valence-corrected chi connectivity index (χ0v) is 17.5. The van der Waals surface area contributed by atoms with Crippen LogP contribution in [-0.4, -0.2) is 10.2 Å². The lowest BCUT2D eigenvalue weighted by Gasteiger charge is -2.13. The van der Waals surface area contributed by atoms with Crippen LogP contribution in [0.5, 0.6) is 0 Å². The second-order valence-corrected chi connectivity index (χ2v) is 7.27. The minimum absolute atomic E-state index is 0.294. The average Bonchev–Trinajstić information content (AvgIpc) is 2.74. The molecule has 0 saturated carbocycles. The monoisotopic (exact) mass is 442 g/mol. The van der Waals surface area contributed by atoms with Crippen molar-refractivity contribution in [3.63, 3.8) is 0 Å². The first-order chi connectivity index (χ1) is 14.5. The van der Waals surface area contributed by atoms with Gasteiger partial charge in [0.05, 0.1) is 0 Å². The average molecular weight is 443 g/mol. The summed E-state index contributed by atoms with van der Waals surface area (Å²) in [5.41, 5.74) is 3.54. The topological polar surface area (TPSA) is 48.1 Å². The van der Waals surface area contributed by atoms with Gasteiger partial charge in [-0.15, -0.1) is 0 Å². The van der Waals surface area contributed by atoms with Gasteiger partial charge in [-0.3, -0.25) is 0 Å². The van der Waals surface area contributed by atoms with Crippen molar-refractivity contribution in [3.05, 3.63) is 95.6 Å². The third-order valence-electron chi connectivity index (χ3n) is 4.10. The van der Waals surface area contributed by atoms with E-state index in [9.17, 15) is 8.78 Å². The number of hydrogen-bond acceptors (Lipinski definition) is 2. The Kier molecular flexibility index (Phi) is 7.64. The standard InChI is InChI=1S/C22H20F2N4S2/c23-17-4-8-19(9-5-17)27-21(29)25-13-15-2-1-3-16(12-15)14-26-22(30)28-20-10-6-18(24)7-11-20/h1-12H,13-14H2,(H2,25,27,29)(H2,26,28,30). The predicted octanol–water partition coefficient (Wildman–Crippen LogP) is 4.94. The van der Waals surface area contributed by atoms with Gasteiger partial charge in [0.15, 0.2) is 10.2 Å². The summed E-state index contributed by atoms with van der Waals surface area (Å²) in [7, 11) is 0. The maximum atomic E-state index is 13.0. The van der Waals surface area contributed by atoms with E-state index < -0.39 is 0 Å². The van der Waals surface area contributed by atoms with Gasteiger partial charge in [0.2, 0.25) is 0 Å². The first-order valence-electron chi connectivity index (χ1n) is 9.16. The zero-order valence-electron chi connectivity index (χ0n) is 15.9. The minimum Gasteiger partial charge on any atom is -0.358 e. The van der Waals surface area contributed by atoms with E-state index in [1.165, 1.54) is 24.3 Å². The van der Waals surface area contributed by atoms with Gasteiger partial charge >= 0.3 is 0 Å². The highest BCUT2D eigenvalue weighted by Crippen LogP contribution is 2.10. The molecule has 0 amide bonds. The number of rotatable bonds is 6. The van der Waals surface area contributed by atoms with Crippen LogP contribution in [0.4, 0.5) is 20.2 Å². The minimum atomic E-state index is -0.294. The van der Waals surface area contributed by atoms with Gasteiger partial charge < -0.3 is 21.3 Å². The van der Waals surface area contributed by atoms with E-state index in [0.29, 0.717) is 34.7 Å². The lowest BCUT2D eigenvalue weighted by atomic mass is 10.1. The fourth-order valence-electron chi connectivity index (χ4n) is 2.63. The molecule has 0 radical (unpaired) electrons. The normalized spacial score (nSPS) is 10.2. The number of hydrogen-bond donors (Lipinski definition) is 4. The first-order valence-corrected chi connectivity index (χ1v) is 9.98. The summed E-state index contributed by atoms with van der Waals surface area (Å²) in [4.78, 5) is 0. The first kappa shape index (κ1) is 21.6. The molecule has 0 aliphatic heterocycles. The quantitative estimate of drug-likeness (QED) is 0.406. The number of benzene rings is 3. The van der Waals surface area contributed by atoms with Gasteiger partial charge in [0.25, 0.3) is 0 Å². The Labute approximate surface area is 184 Å². The SMILES string of the molecule is Fc1ccc(NC(=S)NCc2cccc(CNC(=S)Nc3ccc(F)cc3)c2)cc1. The van der Waals surface area contributed by atoms with Gasteiger partial charge in [0.1, 0.15) is 11.6 Å². The number of nitrogens with one attached hydrogen (secondary N) is 4. The second-order valence-electron chi connectivity index (χ2n) is 6.45. The summed E-state index contributed by atoms with van der Waals surface area (Å²) in [5.74, 6) is -0.589. The molecule has 3 rings (SSSR count). The van der Waals surface area contributed by atoms with Crippen molar-refractivity contribution in [1.29, 1.82) is 0 Å². The number of anilines is 2. The van der Waals surface area contributed by atoms with Crippen LogP contribution in [0, 0.1) is 11.6 Å². The molecular formula is C22H20F2N4S2. The van der Waals surface area contributed by atoms with Crippen molar-refractivity contribution in [3.8, 4) is 0 Å². The zero-order chi connectivity index (χ0) is 21.3. The molecule has 3 aromatic rings. The van der Waals surface area contributed by atoms with Crippen molar-refractivity contribution in [2.24, 2.45) is 0 Å². The van der Waals surface area contributed by atoms with E-state index in [2.05, 4.69) is 21.3 Å². The van der Waals surface area contributed by atoms with Crippen LogP contribution >= 0.6 is 24.4 Å². The Morgan fingerprint density at radius 3 is 1.43 bits per heavy atom. The predicted molar refractivity (Wildman–Crippen MR) is 125 cm³/mol. The van der Waals surface area contributed by atoms with Crippen LogP contribution in [0.1, 0.15) is 11.1 Å². The van der Waals surface area contributed by atoms with Crippen LogP contribution < -0.4 is 21.3 Å². The van der Waals surface area contributed by atoms with E-state index in [-0.39, 0.29) is 11.6 Å². The summed E-state index contributed by atoms with van der Waals surface area (Å²) in [6, 6.07) is 20.0. The fourth-order valence-corrected chi connectivity index (χ4v) is 3.01. The molecule has 0 saturated heterocycles. The Morgan fingerprint density at radius 2 is 1.03 bits per heavy atom. The summed E-state index contributed by atoms with van der Waals surface area (Å²) < 4.78 is 25.9. The Bertz CT molecular complexity index is 930. The van der Waals surface area contributed by atoms with E-state index in [1.54, 1.807) is 24.3 Å². The summed E-state index contributed by atoms with van der Waals surface area (Å²) in [5, 5.41) is 13.2. The lowest BCUT2D eigenvalue weighted by molar-refractivity contribution is 0.627. The third-order valence-corrected chi connectivity index (χ3v) is 4.59. The van der Waals surface area contributed by atoms with Crippen molar-refractivity contribution >= 4 is 46.0 Å². The molecular weight excluding hydrogens is 422 g/mol. The molecule has 0 unspecified atom stereocenters. The molecule has 0 atom stereocenters. The molecule has 0 spiro atoms. The largest absolute Gasteiger partial charge is 0.358 e. The van der Waals surface area contributed by atoms with Gasteiger partial charge in [-0.1, -0.05) is 24.3 Å². The highest BCUT2D eigenvalue weighted by atomic mass is 32.1. The Balaban J connectivity index is 1.45. The van der Waals surface area contributed by atoms with Crippen molar-refractivity contribution in [1.82, 2.24) is 10.6 Å². The van der Waals surface area contributed by atoms with Crippen LogP contribution in [-0.2, 0) is 13.1 Å². The molecule has 8 heteroatoms. The molecule has 0 fully saturated rings. The summed E-state index contributed by atoms with van der Waals surface area (Å²) in [6.07, 6.45) is 0. The molecule has 154 valence electrons. The molecule has 4 nitrogen and oxygen atoms in total. The van der Waals surface area contributed by atoms with Crippen molar-refractivity contribution < 1.29 is 8.78 Å². The van der Waals surface area contributed by atoms with Crippen LogP contribution in [0.2, 0.25) is 0 Å². The van der Waals surface area contributed by atoms with E-state index in [0.717, 1.165) is 11.1 Å². The second kappa shape index (κ2) is 10.6.